The standard InChI is InChI=1S/C9H10N4OS/c1-5(10)14-13-6-2-3-7-8(4-6)12-9(15)11-7/h2-4,10,13H,1H3,(H2,11,12,15). The molecule has 0 radical (unpaired) electrons. The van der Waals surface area contributed by atoms with E-state index in [0.29, 0.717) is 4.77 Å². The van der Waals surface area contributed by atoms with Gasteiger partial charge < -0.3 is 14.8 Å². The molecule has 1 heterocycles. The molecule has 78 valence electrons. The Morgan fingerprint density at radius 3 is 2.87 bits per heavy atom. The molecule has 1 aromatic heterocycles. The number of benzene rings is 1. The Balaban J connectivity index is 2.30. The van der Waals surface area contributed by atoms with Crippen LogP contribution in [0.3, 0.4) is 0 Å². The largest absolute Gasteiger partial charge is 0.367 e. The molecule has 5 nitrogen and oxygen atoms in total. The monoisotopic (exact) mass is 222 g/mol. The Morgan fingerprint density at radius 2 is 2.13 bits per heavy atom. The minimum Gasteiger partial charge on any atom is -0.367 e. The van der Waals surface area contributed by atoms with Crippen molar-refractivity contribution >= 4 is 34.8 Å². The number of nitrogens with one attached hydrogen (secondary N) is 4. The van der Waals surface area contributed by atoms with Gasteiger partial charge in [-0.1, -0.05) is 0 Å². The molecule has 0 fully saturated rings. The van der Waals surface area contributed by atoms with Gasteiger partial charge in [0.15, 0.2) is 4.77 Å². The molecule has 0 saturated heterocycles. The van der Waals surface area contributed by atoms with Crippen molar-refractivity contribution in [3.8, 4) is 0 Å². The maximum Gasteiger partial charge on any atom is 0.211 e. The molecule has 15 heavy (non-hydrogen) atoms. The number of aromatic amines is 2. The zero-order chi connectivity index (χ0) is 10.8. The van der Waals surface area contributed by atoms with Crippen LogP contribution in [0.4, 0.5) is 5.69 Å². The predicted octanol–water partition coefficient (Wildman–Crippen LogP) is 2.57. The first-order valence-corrected chi connectivity index (χ1v) is 4.76. The van der Waals surface area contributed by atoms with Crippen LogP contribution in [0.15, 0.2) is 18.2 Å². The van der Waals surface area contributed by atoms with Crippen LogP contribution in [0.5, 0.6) is 0 Å². The first-order chi connectivity index (χ1) is 7.15. The predicted molar refractivity (Wildman–Crippen MR) is 61.6 cm³/mol. The molecule has 0 unspecified atom stereocenters. The average Bonchev–Trinajstić information content (AvgIpc) is 2.53. The number of hydrogen-bond donors (Lipinski definition) is 4. The number of H-pyrrole nitrogens is 2. The lowest BCUT2D eigenvalue weighted by Gasteiger charge is -2.05. The third-order valence-corrected chi connectivity index (χ3v) is 2.04. The summed E-state index contributed by atoms with van der Waals surface area (Å²) in [6.07, 6.45) is 0. The summed E-state index contributed by atoms with van der Waals surface area (Å²) < 4.78 is 0.589. The number of aromatic nitrogens is 2. The van der Waals surface area contributed by atoms with Crippen molar-refractivity contribution in [3.05, 3.63) is 23.0 Å². The lowest BCUT2D eigenvalue weighted by atomic mass is 10.3. The van der Waals surface area contributed by atoms with Crippen LogP contribution in [-0.2, 0) is 4.84 Å². The molecular formula is C9H10N4OS. The van der Waals surface area contributed by atoms with Gasteiger partial charge in [-0.05, 0) is 30.4 Å². The third-order valence-electron chi connectivity index (χ3n) is 1.84. The molecule has 0 aliphatic carbocycles. The molecule has 2 rings (SSSR count). The third kappa shape index (κ3) is 2.16. The molecule has 0 atom stereocenters. The molecule has 4 N–H and O–H groups in total. The molecular weight excluding hydrogens is 212 g/mol. The SMILES string of the molecule is CC(=N)ONc1ccc2[nH]c(=S)[nH]c2c1. The highest BCUT2D eigenvalue weighted by molar-refractivity contribution is 7.71. The molecule has 2 aromatic rings. The second-order valence-corrected chi connectivity index (χ2v) is 3.51. The molecule has 0 amide bonds. The summed E-state index contributed by atoms with van der Waals surface area (Å²) >= 11 is 4.97. The minimum atomic E-state index is 0.108. The zero-order valence-electron chi connectivity index (χ0n) is 8.05. The van der Waals surface area contributed by atoms with Crippen LogP contribution in [0.25, 0.3) is 11.0 Å². The van der Waals surface area contributed by atoms with Gasteiger partial charge in [0, 0.05) is 6.92 Å². The van der Waals surface area contributed by atoms with E-state index >= 15 is 0 Å². The molecule has 0 aliphatic heterocycles. The van der Waals surface area contributed by atoms with Crippen molar-refractivity contribution in [3.63, 3.8) is 0 Å². The summed E-state index contributed by atoms with van der Waals surface area (Å²) in [6.45, 7) is 1.55. The molecule has 0 saturated carbocycles. The molecule has 0 aliphatic rings. The van der Waals surface area contributed by atoms with Crippen LogP contribution >= 0.6 is 12.2 Å². The summed E-state index contributed by atoms with van der Waals surface area (Å²) in [4.78, 5) is 10.9. The fourth-order valence-corrected chi connectivity index (χ4v) is 1.45. The second-order valence-electron chi connectivity index (χ2n) is 3.10. The van der Waals surface area contributed by atoms with Gasteiger partial charge in [-0.25, -0.2) is 5.48 Å². The van der Waals surface area contributed by atoms with E-state index in [-0.39, 0.29) is 5.90 Å². The first kappa shape index (κ1) is 9.72. The molecule has 6 heteroatoms. The van der Waals surface area contributed by atoms with E-state index in [9.17, 15) is 0 Å². The van der Waals surface area contributed by atoms with Gasteiger partial charge in [0.25, 0.3) is 0 Å². The second kappa shape index (κ2) is 3.74. The zero-order valence-corrected chi connectivity index (χ0v) is 8.87. The first-order valence-electron chi connectivity index (χ1n) is 4.35. The topological polar surface area (TPSA) is 76.7 Å². The number of fused-ring (bicyclic) bond motifs is 1. The van der Waals surface area contributed by atoms with E-state index in [4.69, 9.17) is 22.5 Å². The molecule has 0 bridgehead atoms. The van der Waals surface area contributed by atoms with Gasteiger partial charge >= 0.3 is 0 Å². The molecule has 0 spiro atoms. The normalized spacial score (nSPS) is 10.2. The maximum absolute atomic E-state index is 7.10. The summed E-state index contributed by atoms with van der Waals surface area (Å²) in [5, 5.41) is 7.10. The van der Waals surface area contributed by atoms with Crippen LogP contribution < -0.4 is 5.48 Å². The van der Waals surface area contributed by atoms with Gasteiger partial charge in [-0.2, -0.15) is 0 Å². The Hall–Kier alpha value is -1.82. The fourth-order valence-electron chi connectivity index (χ4n) is 1.23. The van der Waals surface area contributed by atoms with Crippen molar-refractivity contribution in [1.82, 2.24) is 9.97 Å². The Morgan fingerprint density at radius 1 is 1.40 bits per heavy atom. The molecule has 1 aromatic carbocycles. The minimum absolute atomic E-state index is 0.108. The summed E-state index contributed by atoms with van der Waals surface area (Å²) in [5.41, 5.74) is 5.26. The van der Waals surface area contributed by atoms with Gasteiger partial charge in [0.05, 0.1) is 16.7 Å². The smallest absolute Gasteiger partial charge is 0.211 e. The van der Waals surface area contributed by atoms with Crippen LogP contribution in [0.1, 0.15) is 6.92 Å². The van der Waals surface area contributed by atoms with E-state index in [2.05, 4.69) is 15.4 Å². The quantitative estimate of drug-likeness (QED) is 0.273. The van der Waals surface area contributed by atoms with Crippen LogP contribution in [0.2, 0.25) is 0 Å². The van der Waals surface area contributed by atoms with Crippen molar-refractivity contribution in [2.24, 2.45) is 0 Å². The van der Waals surface area contributed by atoms with Gasteiger partial charge in [-0.15, -0.1) is 0 Å². The Kier molecular flexibility index (Phi) is 2.42. The summed E-state index contributed by atoms with van der Waals surface area (Å²) in [5.74, 6) is 0.108. The van der Waals surface area contributed by atoms with Crippen molar-refractivity contribution < 1.29 is 4.84 Å². The van der Waals surface area contributed by atoms with Gasteiger partial charge in [-0.3, -0.25) is 5.41 Å². The van der Waals surface area contributed by atoms with E-state index in [1.54, 1.807) is 6.92 Å². The lowest BCUT2D eigenvalue weighted by Crippen LogP contribution is -2.05. The summed E-state index contributed by atoms with van der Waals surface area (Å²) in [7, 11) is 0. The van der Waals surface area contributed by atoms with Crippen LogP contribution in [-0.4, -0.2) is 15.9 Å². The number of rotatable bonds is 2. The Bertz CT molecular complexity index is 556. The number of hydrogen-bond acceptors (Lipinski definition) is 4. The van der Waals surface area contributed by atoms with Crippen molar-refractivity contribution in [1.29, 1.82) is 5.41 Å². The van der Waals surface area contributed by atoms with E-state index in [1.807, 2.05) is 18.2 Å². The van der Waals surface area contributed by atoms with Gasteiger partial charge in [0.2, 0.25) is 5.90 Å². The average molecular weight is 222 g/mol. The van der Waals surface area contributed by atoms with E-state index < -0.39 is 0 Å². The highest BCUT2D eigenvalue weighted by Crippen LogP contribution is 2.16. The van der Waals surface area contributed by atoms with Gasteiger partial charge in [0.1, 0.15) is 0 Å². The van der Waals surface area contributed by atoms with Crippen molar-refractivity contribution in [2.75, 3.05) is 5.48 Å². The maximum atomic E-state index is 7.10. The Labute approximate surface area is 90.9 Å². The number of anilines is 1. The highest BCUT2D eigenvalue weighted by atomic mass is 32.1. The van der Waals surface area contributed by atoms with Crippen LogP contribution in [0, 0.1) is 10.2 Å². The summed E-state index contributed by atoms with van der Waals surface area (Å²) in [6, 6.07) is 5.57. The highest BCUT2D eigenvalue weighted by Gasteiger charge is 1.98. The number of imidazole rings is 1. The van der Waals surface area contributed by atoms with E-state index in [1.165, 1.54) is 0 Å². The fraction of sp³-hybridized carbons (Fsp3) is 0.111. The van der Waals surface area contributed by atoms with E-state index in [0.717, 1.165) is 16.7 Å². The van der Waals surface area contributed by atoms with Crippen molar-refractivity contribution in [2.45, 2.75) is 6.92 Å². The lowest BCUT2D eigenvalue weighted by molar-refractivity contribution is 0.387.